The number of hydrogen-bond acceptors (Lipinski definition) is 3. The number of H-pyrrole nitrogens is 1. The first-order valence-electron chi connectivity index (χ1n) is 4.79. The molecule has 2 heterocycles. The van der Waals surface area contributed by atoms with E-state index in [2.05, 4.69) is 15.0 Å². The summed E-state index contributed by atoms with van der Waals surface area (Å²) < 4.78 is 0. The van der Waals surface area contributed by atoms with Gasteiger partial charge >= 0.3 is 0 Å². The summed E-state index contributed by atoms with van der Waals surface area (Å²) in [7, 11) is 0. The molecule has 5 N–H and O–H groups in total. The first-order chi connectivity index (χ1) is 7.58. The van der Waals surface area contributed by atoms with Crippen molar-refractivity contribution in [2.24, 2.45) is 16.5 Å². The Hall–Kier alpha value is -1.53. The van der Waals surface area contributed by atoms with Crippen LogP contribution in [-0.4, -0.2) is 15.9 Å². The molecule has 17 heavy (non-hydrogen) atoms. The number of aromatic nitrogens is 2. The molecule has 0 atom stereocenters. The molecule has 7 heteroatoms. The van der Waals surface area contributed by atoms with E-state index < -0.39 is 0 Å². The van der Waals surface area contributed by atoms with Gasteiger partial charge in [0.25, 0.3) is 0 Å². The van der Waals surface area contributed by atoms with Crippen LogP contribution in [0.1, 0.15) is 10.6 Å². The zero-order chi connectivity index (χ0) is 11.7. The smallest absolute Gasteiger partial charge is 0.213 e. The van der Waals surface area contributed by atoms with Gasteiger partial charge in [0.15, 0.2) is 5.96 Å². The van der Waals surface area contributed by atoms with Gasteiger partial charge in [-0.15, -0.1) is 12.4 Å². The molecule has 0 saturated carbocycles. The lowest BCUT2D eigenvalue weighted by molar-refractivity contribution is 1.25. The van der Waals surface area contributed by atoms with Gasteiger partial charge in [-0.05, 0) is 19.9 Å². The average molecular weight is 272 g/mol. The predicted molar refractivity (Wildman–Crippen MR) is 74.1 cm³/mol. The van der Waals surface area contributed by atoms with Crippen LogP contribution < -0.4 is 11.5 Å². The molecule has 0 fully saturated rings. The number of aliphatic imine (C=N–C) groups is 1. The molecule has 0 aromatic carbocycles. The molecular weight excluding hydrogens is 258 g/mol. The fourth-order valence-electron chi connectivity index (χ4n) is 1.50. The largest absolute Gasteiger partial charge is 0.370 e. The van der Waals surface area contributed by atoms with E-state index in [0.717, 1.165) is 21.8 Å². The summed E-state index contributed by atoms with van der Waals surface area (Å²) in [5.41, 5.74) is 13.8. The highest BCUT2D eigenvalue weighted by Crippen LogP contribution is 2.33. The summed E-state index contributed by atoms with van der Waals surface area (Å²) in [6, 6.07) is 2.00. The van der Waals surface area contributed by atoms with Gasteiger partial charge in [0, 0.05) is 22.3 Å². The highest BCUT2D eigenvalue weighted by atomic mass is 35.5. The number of thiazole rings is 1. The van der Waals surface area contributed by atoms with Crippen molar-refractivity contribution < 1.29 is 0 Å². The maximum atomic E-state index is 5.32. The van der Waals surface area contributed by atoms with Crippen LogP contribution in [0.4, 0.5) is 5.13 Å². The van der Waals surface area contributed by atoms with E-state index in [4.69, 9.17) is 11.5 Å². The van der Waals surface area contributed by atoms with Gasteiger partial charge < -0.3 is 16.5 Å². The number of nitrogens with zero attached hydrogens (tertiary/aromatic N) is 2. The van der Waals surface area contributed by atoms with Crippen LogP contribution in [0.2, 0.25) is 0 Å². The molecule has 0 saturated heterocycles. The first kappa shape index (κ1) is 13.5. The molecule has 2 aromatic rings. The molecular formula is C10H14ClN5S. The molecule has 0 unspecified atom stereocenters. The number of halogens is 1. The summed E-state index contributed by atoms with van der Waals surface area (Å²) in [6.07, 6.45) is 1.89. The minimum absolute atomic E-state index is 0. The monoisotopic (exact) mass is 271 g/mol. The van der Waals surface area contributed by atoms with Crippen molar-refractivity contribution in [3.8, 4) is 11.3 Å². The summed E-state index contributed by atoms with van der Waals surface area (Å²) in [5.74, 6) is 0.0334. The van der Waals surface area contributed by atoms with Crippen LogP contribution in [0.5, 0.6) is 0 Å². The van der Waals surface area contributed by atoms with Gasteiger partial charge in [-0.25, -0.2) is 4.98 Å². The van der Waals surface area contributed by atoms with Crippen LogP contribution in [0.25, 0.3) is 11.3 Å². The van der Waals surface area contributed by atoms with Crippen molar-refractivity contribution in [2.75, 3.05) is 0 Å². The molecule has 0 amide bonds. The van der Waals surface area contributed by atoms with Crippen LogP contribution in [0, 0.1) is 13.8 Å². The molecule has 2 aromatic heterocycles. The lowest BCUT2D eigenvalue weighted by Gasteiger charge is -1.95. The Morgan fingerprint density at radius 2 is 2.12 bits per heavy atom. The molecule has 0 radical (unpaired) electrons. The van der Waals surface area contributed by atoms with E-state index in [-0.39, 0.29) is 18.4 Å². The van der Waals surface area contributed by atoms with Crippen molar-refractivity contribution in [2.45, 2.75) is 13.8 Å². The standard InChI is InChI=1S/C10H13N5S.ClH/c1-5-7(3-4-13-5)8-6(2)16-10(14-8)15-9(11)12;/h3-4,13H,1-2H3,(H4,11,12,14,15);1H. The van der Waals surface area contributed by atoms with E-state index in [1.165, 1.54) is 11.3 Å². The topological polar surface area (TPSA) is 93.1 Å². The molecule has 0 aliphatic rings. The number of guanidine groups is 1. The first-order valence-corrected chi connectivity index (χ1v) is 5.61. The lowest BCUT2D eigenvalue weighted by Crippen LogP contribution is -2.21. The third kappa shape index (κ3) is 2.78. The second kappa shape index (κ2) is 5.20. The molecule has 0 aliphatic heterocycles. The minimum atomic E-state index is 0. The van der Waals surface area contributed by atoms with Crippen LogP contribution in [0.3, 0.4) is 0 Å². The SMILES string of the molecule is Cc1[nH]ccc1-c1nc(N=C(N)N)sc1C.Cl. The second-order valence-electron chi connectivity index (χ2n) is 3.45. The highest BCUT2D eigenvalue weighted by Gasteiger charge is 2.11. The number of aromatic amines is 1. The van der Waals surface area contributed by atoms with Crippen LogP contribution in [-0.2, 0) is 0 Å². The Morgan fingerprint density at radius 3 is 2.65 bits per heavy atom. The normalized spacial score (nSPS) is 9.76. The minimum Gasteiger partial charge on any atom is -0.370 e. The fraction of sp³-hybridized carbons (Fsp3) is 0.200. The van der Waals surface area contributed by atoms with Crippen molar-refractivity contribution in [3.05, 3.63) is 22.8 Å². The van der Waals surface area contributed by atoms with E-state index in [1.54, 1.807) is 0 Å². The lowest BCUT2D eigenvalue weighted by atomic mass is 10.2. The zero-order valence-electron chi connectivity index (χ0n) is 9.52. The zero-order valence-corrected chi connectivity index (χ0v) is 11.2. The Morgan fingerprint density at radius 1 is 1.41 bits per heavy atom. The van der Waals surface area contributed by atoms with E-state index in [1.807, 2.05) is 26.1 Å². The fourth-order valence-corrected chi connectivity index (χ4v) is 2.31. The molecule has 0 spiro atoms. The van der Waals surface area contributed by atoms with Crippen molar-refractivity contribution in [3.63, 3.8) is 0 Å². The van der Waals surface area contributed by atoms with E-state index >= 15 is 0 Å². The van der Waals surface area contributed by atoms with Gasteiger partial charge in [-0.2, -0.15) is 4.99 Å². The number of aryl methyl sites for hydroxylation is 2. The Labute approximate surface area is 109 Å². The molecule has 0 bridgehead atoms. The highest BCUT2D eigenvalue weighted by molar-refractivity contribution is 7.15. The average Bonchev–Trinajstić information content (AvgIpc) is 2.71. The third-order valence-electron chi connectivity index (χ3n) is 2.22. The van der Waals surface area contributed by atoms with Gasteiger partial charge in [-0.3, -0.25) is 0 Å². The Balaban J connectivity index is 0.00000144. The maximum absolute atomic E-state index is 5.32. The second-order valence-corrected chi connectivity index (χ2v) is 4.64. The molecule has 0 aliphatic carbocycles. The number of rotatable bonds is 2. The predicted octanol–water partition coefficient (Wildman–Crippen LogP) is 2.08. The number of nitrogens with one attached hydrogen (secondary N) is 1. The van der Waals surface area contributed by atoms with Crippen LogP contribution in [0.15, 0.2) is 17.3 Å². The summed E-state index contributed by atoms with van der Waals surface area (Å²) in [5, 5.41) is 0.591. The summed E-state index contributed by atoms with van der Waals surface area (Å²) >= 11 is 1.48. The summed E-state index contributed by atoms with van der Waals surface area (Å²) in [4.78, 5) is 12.6. The van der Waals surface area contributed by atoms with Gasteiger partial charge in [0.1, 0.15) is 0 Å². The number of nitrogens with two attached hydrogens (primary N) is 2. The van der Waals surface area contributed by atoms with Crippen molar-refractivity contribution >= 4 is 34.8 Å². The van der Waals surface area contributed by atoms with Crippen molar-refractivity contribution in [1.29, 1.82) is 0 Å². The van der Waals surface area contributed by atoms with Gasteiger partial charge in [0.05, 0.1) is 5.69 Å². The third-order valence-corrected chi connectivity index (χ3v) is 3.08. The molecule has 2 rings (SSSR count). The van der Waals surface area contributed by atoms with Gasteiger partial charge in [-0.1, -0.05) is 11.3 Å². The van der Waals surface area contributed by atoms with Crippen LogP contribution >= 0.6 is 23.7 Å². The molecule has 92 valence electrons. The summed E-state index contributed by atoms with van der Waals surface area (Å²) in [6.45, 7) is 4.01. The van der Waals surface area contributed by atoms with Crippen molar-refractivity contribution in [1.82, 2.24) is 9.97 Å². The Bertz CT molecular complexity index is 539. The maximum Gasteiger partial charge on any atom is 0.213 e. The van der Waals surface area contributed by atoms with E-state index in [9.17, 15) is 0 Å². The van der Waals surface area contributed by atoms with E-state index in [0.29, 0.717) is 5.13 Å². The number of hydrogen-bond donors (Lipinski definition) is 3. The van der Waals surface area contributed by atoms with Gasteiger partial charge in [0.2, 0.25) is 5.13 Å². The molecule has 5 nitrogen and oxygen atoms in total. The quantitative estimate of drug-likeness (QED) is 0.577. The Kier molecular flexibility index (Phi) is 4.14.